The highest BCUT2D eigenvalue weighted by Crippen LogP contribution is 2.13. The lowest BCUT2D eigenvalue weighted by molar-refractivity contribution is -0.115. The summed E-state index contributed by atoms with van der Waals surface area (Å²) in [6.07, 6.45) is 5.27. The summed E-state index contributed by atoms with van der Waals surface area (Å²) in [5.74, 6) is 0.293. The van der Waals surface area contributed by atoms with Gasteiger partial charge in [0.15, 0.2) is 5.78 Å². The molecule has 0 amide bonds. The molecule has 0 aromatic heterocycles. The summed E-state index contributed by atoms with van der Waals surface area (Å²) in [6, 6.07) is 0. The van der Waals surface area contributed by atoms with E-state index in [1.165, 1.54) is 0 Å². The van der Waals surface area contributed by atoms with Gasteiger partial charge in [0, 0.05) is 6.42 Å². The third-order valence-corrected chi connectivity index (χ3v) is 2.05. The van der Waals surface area contributed by atoms with Gasteiger partial charge in [-0.15, -0.1) is 6.58 Å². The Kier molecular flexibility index (Phi) is 6.21. The normalized spacial score (nSPS) is 9.46. The third-order valence-electron chi connectivity index (χ3n) is 2.05. The molecule has 0 aliphatic rings. The number of carbonyl (C=O) groups is 1. The first-order valence-electron chi connectivity index (χ1n) is 4.93. The Morgan fingerprint density at radius 1 is 1.38 bits per heavy atom. The Morgan fingerprint density at radius 3 is 2.38 bits per heavy atom. The second-order valence-corrected chi connectivity index (χ2v) is 3.50. The molecule has 0 saturated carbocycles. The van der Waals surface area contributed by atoms with Gasteiger partial charge in [0.25, 0.3) is 0 Å². The lowest BCUT2D eigenvalue weighted by atomic mass is 9.99. The Hall–Kier alpha value is -0.850. The SMILES string of the molecule is C=CCC(C(=O)CCCC)=C(C)C. The van der Waals surface area contributed by atoms with E-state index in [1.54, 1.807) is 6.08 Å². The molecule has 0 bridgehead atoms. The monoisotopic (exact) mass is 180 g/mol. The average molecular weight is 180 g/mol. The number of hydrogen-bond acceptors (Lipinski definition) is 1. The van der Waals surface area contributed by atoms with Crippen LogP contribution in [-0.4, -0.2) is 5.78 Å². The minimum absolute atomic E-state index is 0.293. The molecule has 0 heterocycles. The van der Waals surface area contributed by atoms with Crippen molar-refractivity contribution in [2.75, 3.05) is 0 Å². The number of Topliss-reactive ketones (excluding diaryl/α,β-unsaturated/α-hetero) is 1. The van der Waals surface area contributed by atoms with Gasteiger partial charge in [-0.05, 0) is 32.3 Å². The van der Waals surface area contributed by atoms with E-state index in [1.807, 2.05) is 13.8 Å². The van der Waals surface area contributed by atoms with E-state index in [0.29, 0.717) is 18.6 Å². The standard InChI is InChI=1S/C12H20O/c1-5-7-9-12(13)11(8-6-2)10(3)4/h6H,2,5,7-9H2,1,3-4H3. The van der Waals surface area contributed by atoms with Crippen LogP contribution in [0.25, 0.3) is 0 Å². The maximum Gasteiger partial charge on any atom is 0.159 e. The van der Waals surface area contributed by atoms with Gasteiger partial charge in [0.2, 0.25) is 0 Å². The van der Waals surface area contributed by atoms with E-state index < -0.39 is 0 Å². The zero-order chi connectivity index (χ0) is 10.3. The van der Waals surface area contributed by atoms with Crippen molar-refractivity contribution in [3.8, 4) is 0 Å². The first kappa shape index (κ1) is 12.2. The minimum atomic E-state index is 0.293. The van der Waals surface area contributed by atoms with Gasteiger partial charge >= 0.3 is 0 Å². The van der Waals surface area contributed by atoms with E-state index in [4.69, 9.17) is 0 Å². The predicted octanol–water partition coefficient (Wildman–Crippen LogP) is 3.66. The summed E-state index contributed by atoms with van der Waals surface area (Å²) in [6.45, 7) is 9.74. The summed E-state index contributed by atoms with van der Waals surface area (Å²) in [4.78, 5) is 11.6. The van der Waals surface area contributed by atoms with E-state index >= 15 is 0 Å². The van der Waals surface area contributed by atoms with Crippen LogP contribution in [0, 0.1) is 0 Å². The number of hydrogen-bond donors (Lipinski definition) is 0. The summed E-state index contributed by atoms with van der Waals surface area (Å²) < 4.78 is 0. The number of allylic oxidation sites excluding steroid dienone is 3. The molecule has 1 nitrogen and oxygen atoms in total. The fraction of sp³-hybridized carbons (Fsp3) is 0.583. The number of ketones is 1. The highest BCUT2D eigenvalue weighted by Gasteiger charge is 2.08. The molecule has 0 aromatic rings. The molecule has 74 valence electrons. The van der Waals surface area contributed by atoms with Crippen LogP contribution in [0.1, 0.15) is 46.5 Å². The predicted molar refractivity (Wildman–Crippen MR) is 57.7 cm³/mol. The van der Waals surface area contributed by atoms with Crippen LogP contribution in [0.5, 0.6) is 0 Å². The van der Waals surface area contributed by atoms with Crippen molar-refractivity contribution in [1.82, 2.24) is 0 Å². The Morgan fingerprint density at radius 2 is 2.00 bits per heavy atom. The van der Waals surface area contributed by atoms with Crippen molar-refractivity contribution in [3.05, 3.63) is 23.8 Å². The van der Waals surface area contributed by atoms with Crippen molar-refractivity contribution in [3.63, 3.8) is 0 Å². The first-order valence-corrected chi connectivity index (χ1v) is 4.93. The number of unbranched alkanes of at least 4 members (excludes halogenated alkanes) is 1. The van der Waals surface area contributed by atoms with Crippen LogP contribution >= 0.6 is 0 Å². The van der Waals surface area contributed by atoms with Gasteiger partial charge in [-0.25, -0.2) is 0 Å². The van der Waals surface area contributed by atoms with Gasteiger partial charge in [-0.3, -0.25) is 4.79 Å². The van der Waals surface area contributed by atoms with E-state index in [0.717, 1.165) is 24.0 Å². The highest BCUT2D eigenvalue weighted by molar-refractivity contribution is 5.96. The number of rotatable bonds is 6. The van der Waals surface area contributed by atoms with Crippen molar-refractivity contribution in [1.29, 1.82) is 0 Å². The molecule has 0 spiro atoms. The summed E-state index contributed by atoms with van der Waals surface area (Å²) in [5.41, 5.74) is 2.07. The molecule has 13 heavy (non-hydrogen) atoms. The molecule has 0 aliphatic carbocycles. The molecule has 0 aliphatic heterocycles. The fourth-order valence-corrected chi connectivity index (χ4v) is 1.23. The van der Waals surface area contributed by atoms with Crippen LogP contribution in [0.2, 0.25) is 0 Å². The first-order chi connectivity index (χ1) is 6.13. The van der Waals surface area contributed by atoms with Crippen LogP contribution in [-0.2, 0) is 4.79 Å². The zero-order valence-electron chi connectivity index (χ0n) is 9.02. The molecule has 0 aromatic carbocycles. The van der Waals surface area contributed by atoms with Crippen LogP contribution in [0.4, 0.5) is 0 Å². The quantitative estimate of drug-likeness (QED) is 0.450. The van der Waals surface area contributed by atoms with Crippen LogP contribution < -0.4 is 0 Å². The fourth-order valence-electron chi connectivity index (χ4n) is 1.23. The van der Waals surface area contributed by atoms with E-state index in [-0.39, 0.29) is 0 Å². The molecule has 1 heteroatoms. The van der Waals surface area contributed by atoms with Gasteiger partial charge in [0.05, 0.1) is 0 Å². The zero-order valence-corrected chi connectivity index (χ0v) is 9.02. The number of carbonyl (C=O) groups excluding carboxylic acids is 1. The summed E-state index contributed by atoms with van der Waals surface area (Å²) in [5, 5.41) is 0. The summed E-state index contributed by atoms with van der Waals surface area (Å²) >= 11 is 0. The van der Waals surface area contributed by atoms with Gasteiger partial charge in [0.1, 0.15) is 0 Å². The van der Waals surface area contributed by atoms with Crippen molar-refractivity contribution >= 4 is 5.78 Å². The van der Waals surface area contributed by atoms with Crippen LogP contribution in [0.15, 0.2) is 23.8 Å². The molecule has 0 rings (SSSR count). The molecule has 0 saturated heterocycles. The average Bonchev–Trinajstić information content (AvgIpc) is 2.09. The highest BCUT2D eigenvalue weighted by atomic mass is 16.1. The molecule has 0 fully saturated rings. The Bertz CT molecular complexity index is 207. The molecule has 0 atom stereocenters. The second kappa shape index (κ2) is 6.64. The lowest BCUT2D eigenvalue weighted by Crippen LogP contribution is -2.03. The van der Waals surface area contributed by atoms with E-state index in [2.05, 4.69) is 13.5 Å². The van der Waals surface area contributed by atoms with Crippen molar-refractivity contribution in [2.45, 2.75) is 46.5 Å². The topological polar surface area (TPSA) is 17.1 Å². The molecular formula is C12H20O. The Balaban J connectivity index is 4.30. The largest absolute Gasteiger partial charge is 0.295 e. The van der Waals surface area contributed by atoms with Crippen LogP contribution in [0.3, 0.4) is 0 Å². The van der Waals surface area contributed by atoms with Crippen molar-refractivity contribution < 1.29 is 4.79 Å². The maximum absolute atomic E-state index is 11.6. The lowest BCUT2D eigenvalue weighted by Gasteiger charge is -2.05. The molecule has 0 radical (unpaired) electrons. The van der Waals surface area contributed by atoms with Crippen molar-refractivity contribution in [2.24, 2.45) is 0 Å². The van der Waals surface area contributed by atoms with Gasteiger partial charge in [-0.2, -0.15) is 0 Å². The second-order valence-electron chi connectivity index (χ2n) is 3.50. The minimum Gasteiger partial charge on any atom is -0.295 e. The molecule has 0 unspecified atom stereocenters. The maximum atomic E-state index is 11.6. The van der Waals surface area contributed by atoms with Gasteiger partial charge in [-0.1, -0.05) is 25.0 Å². The summed E-state index contributed by atoms with van der Waals surface area (Å²) in [7, 11) is 0. The third kappa shape index (κ3) is 4.66. The molecular weight excluding hydrogens is 160 g/mol. The smallest absolute Gasteiger partial charge is 0.159 e. The molecule has 0 N–H and O–H groups in total. The van der Waals surface area contributed by atoms with Gasteiger partial charge < -0.3 is 0 Å². The van der Waals surface area contributed by atoms with E-state index in [9.17, 15) is 4.79 Å². The Labute approximate surface area is 81.5 Å².